The topological polar surface area (TPSA) is 66.3 Å². The molecule has 0 amide bonds. The average Bonchev–Trinajstić information content (AvgIpc) is 2.77. The van der Waals surface area contributed by atoms with E-state index in [0.29, 0.717) is 12.1 Å². The van der Waals surface area contributed by atoms with Gasteiger partial charge < -0.3 is 10.0 Å². The first kappa shape index (κ1) is 19.5. The predicted octanol–water partition coefficient (Wildman–Crippen LogP) is 3.95. The number of benzene rings is 1. The first-order valence-electron chi connectivity index (χ1n) is 9.25. The number of pyridine rings is 2. The van der Waals surface area contributed by atoms with Gasteiger partial charge in [-0.05, 0) is 48.4 Å². The molecule has 5 nitrogen and oxygen atoms in total. The normalized spacial score (nSPS) is 10.9. The van der Waals surface area contributed by atoms with Crippen molar-refractivity contribution in [1.82, 2.24) is 9.97 Å². The summed E-state index contributed by atoms with van der Waals surface area (Å²) in [7, 11) is 0. The van der Waals surface area contributed by atoms with Gasteiger partial charge in [-0.25, -0.2) is 0 Å². The maximum atomic E-state index is 10.7. The maximum Gasteiger partial charge on any atom is 0.151 e. The zero-order chi connectivity index (χ0) is 19.8. The molecule has 0 aliphatic carbocycles. The fraction of sp³-hybridized carbons (Fsp3) is 0.174. The Bertz CT molecular complexity index is 918. The number of hydrogen-bond donors (Lipinski definition) is 1. The molecule has 3 rings (SSSR count). The quantitative estimate of drug-likeness (QED) is 0.606. The van der Waals surface area contributed by atoms with E-state index in [2.05, 4.69) is 46.1 Å². The Morgan fingerprint density at radius 1 is 0.857 bits per heavy atom. The molecular weight excluding hydrogens is 350 g/mol. The van der Waals surface area contributed by atoms with Crippen LogP contribution in [0.4, 0.5) is 5.69 Å². The smallest absolute Gasteiger partial charge is 0.151 e. The Morgan fingerprint density at radius 2 is 1.43 bits per heavy atom. The van der Waals surface area contributed by atoms with Gasteiger partial charge in [0.05, 0.1) is 18.0 Å². The Hall–Kier alpha value is -3.31. The zero-order valence-electron chi connectivity index (χ0n) is 15.8. The van der Waals surface area contributed by atoms with Gasteiger partial charge in [0.1, 0.15) is 0 Å². The summed E-state index contributed by atoms with van der Waals surface area (Å²) in [6, 6.07) is 15.7. The van der Waals surface area contributed by atoms with Gasteiger partial charge in [0.25, 0.3) is 0 Å². The molecule has 3 aromatic rings. The SMILES string of the molecule is CCN(CCO)c1ccc(/C=C/c2ccc(-c3ccc(C=O)cn3)nc2)cc1. The molecule has 0 unspecified atom stereocenters. The van der Waals surface area contributed by atoms with Gasteiger partial charge in [0, 0.05) is 36.7 Å². The van der Waals surface area contributed by atoms with Crippen LogP contribution in [0.1, 0.15) is 28.4 Å². The summed E-state index contributed by atoms with van der Waals surface area (Å²) in [6.45, 7) is 3.72. The van der Waals surface area contributed by atoms with E-state index in [0.717, 1.165) is 41.0 Å². The van der Waals surface area contributed by atoms with Crippen LogP contribution in [0.2, 0.25) is 0 Å². The maximum absolute atomic E-state index is 10.7. The van der Waals surface area contributed by atoms with Crippen LogP contribution in [0.5, 0.6) is 0 Å². The van der Waals surface area contributed by atoms with Crippen LogP contribution >= 0.6 is 0 Å². The first-order chi connectivity index (χ1) is 13.7. The minimum Gasteiger partial charge on any atom is -0.395 e. The standard InChI is InChI=1S/C23H23N3O2/c1-2-26(13-14-27)21-9-5-18(6-10-21)3-4-19-7-11-22(24-15-19)23-12-8-20(17-28)16-25-23/h3-12,15-17,27H,2,13-14H2,1H3/b4-3+. The third kappa shape index (κ3) is 4.90. The van der Waals surface area contributed by atoms with Crippen molar-refractivity contribution in [2.75, 3.05) is 24.6 Å². The summed E-state index contributed by atoms with van der Waals surface area (Å²) in [4.78, 5) is 21.5. The molecule has 1 N–H and O–H groups in total. The van der Waals surface area contributed by atoms with E-state index in [1.165, 1.54) is 0 Å². The van der Waals surface area contributed by atoms with Gasteiger partial charge in [0.2, 0.25) is 0 Å². The lowest BCUT2D eigenvalue weighted by molar-refractivity contribution is 0.112. The molecule has 0 atom stereocenters. The second-order valence-corrected chi connectivity index (χ2v) is 6.30. The number of likely N-dealkylation sites (N-methyl/N-ethyl adjacent to an activating group) is 1. The number of aliphatic hydroxyl groups is 1. The monoisotopic (exact) mass is 373 g/mol. The van der Waals surface area contributed by atoms with Crippen molar-refractivity contribution in [3.05, 3.63) is 77.6 Å². The van der Waals surface area contributed by atoms with Crippen molar-refractivity contribution >= 4 is 24.1 Å². The van der Waals surface area contributed by atoms with Crippen LogP contribution in [0.25, 0.3) is 23.5 Å². The van der Waals surface area contributed by atoms with Crippen molar-refractivity contribution < 1.29 is 9.90 Å². The number of hydrogen-bond acceptors (Lipinski definition) is 5. The van der Waals surface area contributed by atoms with E-state index >= 15 is 0 Å². The highest BCUT2D eigenvalue weighted by atomic mass is 16.3. The van der Waals surface area contributed by atoms with Gasteiger partial charge in [-0.3, -0.25) is 14.8 Å². The van der Waals surface area contributed by atoms with Crippen molar-refractivity contribution in [2.45, 2.75) is 6.92 Å². The van der Waals surface area contributed by atoms with Crippen molar-refractivity contribution in [2.24, 2.45) is 0 Å². The molecule has 0 saturated carbocycles. The third-order valence-corrected chi connectivity index (χ3v) is 4.45. The molecule has 0 saturated heterocycles. The summed E-state index contributed by atoms with van der Waals surface area (Å²) in [5.74, 6) is 0. The highest BCUT2D eigenvalue weighted by Gasteiger charge is 2.03. The Kier molecular flexibility index (Phi) is 6.65. The van der Waals surface area contributed by atoms with E-state index in [1.54, 1.807) is 24.5 Å². The van der Waals surface area contributed by atoms with Crippen molar-refractivity contribution in [3.8, 4) is 11.4 Å². The van der Waals surface area contributed by atoms with Crippen molar-refractivity contribution in [3.63, 3.8) is 0 Å². The first-order valence-corrected chi connectivity index (χ1v) is 9.25. The average molecular weight is 373 g/mol. The third-order valence-electron chi connectivity index (χ3n) is 4.45. The molecule has 5 heteroatoms. The van der Waals surface area contributed by atoms with E-state index in [4.69, 9.17) is 5.11 Å². The fourth-order valence-corrected chi connectivity index (χ4v) is 2.86. The summed E-state index contributed by atoms with van der Waals surface area (Å²) in [6.07, 6.45) is 8.17. The van der Waals surface area contributed by atoms with Crippen LogP contribution in [0.15, 0.2) is 60.9 Å². The Morgan fingerprint density at radius 3 is 1.93 bits per heavy atom. The number of carbonyl (C=O) groups is 1. The van der Waals surface area contributed by atoms with Gasteiger partial charge >= 0.3 is 0 Å². The number of aliphatic hydroxyl groups excluding tert-OH is 1. The van der Waals surface area contributed by atoms with Gasteiger partial charge in [-0.2, -0.15) is 0 Å². The van der Waals surface area contributed by atoms with Gasteiger partial charge in [-0.1, -0.05) is 30.4 Å². The highest BCUT2D eigenvalue weighted by molar-refractivity contribution is 5.75. The summed E-state index contributed by atoms with van der Waals surface area (Å²) < 4.78 is 0. The molecule has 0 bridgehead atoms. The Balaban J connectivity index is 1.67. The molecule has 0 aliphatic heterocycles. The van der Waals surface area contributed by atoms with E-state index in [-0.39, 0.29) is 6.61 Å². The summed E-state index contributed by atoms with van der Waals surface area (Å²) in [5.41, 5.74) is 5.25. The van der Waals surface area contributed by atoms with Gasteiger partial charge in [-0.15, -0.1) is 0 Å². The lowest BCUT2D eigenvalue weighted by atomic mass is 10.1. The van der Waals surface area contributed by atoms with Crippen LogP contribution in [-0.2, 0) is 0 Å². The minimum atomic E-state index is 0.148. The molecule has 28 heavy (non-hydrogen) atoms. The largest absolute Gasteiger partial charge is 0.395 e. The number of nitrogens with zero attached hydrogens (tertiary/aromatic N) is 3. The lowest BCUT2D eigenvalue weighted by Gasteiger charge is -2.21. The zero-order valence-corrected chi connectivity index (χ0v) is 15.8. The predicted molar refractivity (Wildman–Crippen MR) is 113 cm³/mol. The Labute approximate surface area is 165 Å². The summed E-state index contributed by atoms with van der Waals surface area (Å²) >= 11 is 0. The molecule has 2 heterocycles. The molecule has 0 spiro atoms. The number of aldehydes is 1. The molecule has 0 aliphatic rings. The number of aromatic nitrogens is 2. The van der Waals surface area contributed by atoms with Crippen LogP contribution in [-0.4, -0.2) is 41.1 Å². The number of carbonyl (C=O) groups excluding carboxylic acids is 1. The number of anilines is 1. The molecule has 0 fully saturated rings. The van der Waals surface area contributed by atoms with Crippen LogP contribution in [0, 0.1) is 0 Å². The second-order valence-electron chi connectivity index (χ2n) is 6.30. The molecule has 0 radical (unpaired) electrons. The second kappa shape index (κ2) is 9.58. The molecule has 142 valence electrons. The lowest BCUT2D eigenvalue weighted by Crippen LogP contribution is -2.25. The molecular formula is C23H23N3O2. The van der Waals surface area contributed by atoms with E-state index in [1.807, 2.05) is 24.3 Å². The molecule has 1 aromatic carbocycles. The van der Waals surface area contributed by atoms with E-state index < -0.39 is 0 Å². The fourth-order valence-electron chi connectivity index (χ4n) is 2.86. The molecule has 2 aromatic heterocycles. The van der Waals surface area contributed by atoms with Crippen LogP contribution in [0.3, 0.4) is 0 Å². The van der Waals surface area contributed by atoms with Crippen LogP contribution < -0.4 is 4.90 Å². The summed E-state index contributed by atoms with van der Waals surface area (Å²) in [5, 5.41) is 9.13. The van der Waals surface area contributed by atoms with Gasteiger partial charge in [0.15, 0.2) is 6.29 Å². The van der Waals surface area contributed by atoms with E-state index in [9.17, 15) is 4.79 Å². The minimum absolute atomic E-state index is 0.148. The number of rotatable bonds is 8. The highest BCUT2D eigenvalue weighted by Crippen LogP contribution is 2.18. The van der Waals surface area contributed by atoms with Crippen molar-refractivity contribution in [1.29, 1.82) is 0 Å².